The van der Waals surface area contributed by atoms with E-state index in [0.29, 0.717) is 0 Å². The van der Waals surface area contributed by atoms with Crippen LogP contribution in [-0.4, -0.2) is 24.7 Å². The first-order chi connectivity index (χ1) is 8.86. The number of ether oxygens (including phenoxy) is 1. The van der Waals surface area contributed by atoms with Gasteiger partial charge in [-0.3, -0.25) is 4.79 Å². The highest BCUT2D eigenvalue weighted by atomic mass is 16.5. The summed E-state index contributed by atoms with van der Waals surface area (Å²) in [4.78, 5) is 11.5. The number of aliphatic hydroxyl groups excluding tert-OH is 1. The summed E-state index contributed by atoms with van der Waals surface area (Å²) in [5, 5.41) is 12.9. The Bertz CT molecular complexity index is 455. The first kappa shape index (κ1) is 15.5. The van der Waals surface area contributed by atoms with Gasteiger partial charge in [0.2, 0.25) is 5.91 Å². The molecule has 1 unspecified atom stereocenters. The van der Waals surface area contributed by atoms with Gasteiger partial charge < -0.3 is 15.2 Å². The van der Waals surface area contributed by atoms with Gasteiger partial charge in [0.05, 0.1) is 13.2 Å². The van der Waals surface area contributed by atoms with Gasteiger partial charge in [-0.25, -0.2) is 0 Å². The van der Waals surface area contributed by atoms with Crippen LogP contribution >= 0.6 is 0 Å². The molecule has 0 saturated carbocycles. The van der Waals surface area contributed by atoms with E-state index in [9.17, 15) is 9.90 Å². The fourth-order valence-electron chi connectivity index (χ4n) is 1.90. The predicted molar refractivity (Wildman–Crippen MR) is 75.3 cm³/mol. The highest BCUT2D eigenvalue weighted by molar-refractivity contribution is 5.77. The largest absolute Gasteiger partial charge is 0.496 e. The van der Waals surface area contributed by atoms with Crippen molar-refractivity contribution in [2.24, 2.45) is 5.92 Å². The zero-order valence-electron chi connectivity index (χ0n) is 12.3. The van der Waals surface area contributed by atoms with Gasteiger partial charge in [0.25, 0.3) is 0 Å². The Balaban J connectivity index is 2.80. The van der Waals surface area contributed by atoms with Crippen molar-refractivity contribution in [2.75, 3.05) is 13.7 Å². The fourth-order valence-corrected chi connectivity index (χ4v) is 1.90. The van der Waals surface area contributed by atoms with Gasteiger partial charge in [-0.2, -0.15) is 0 Å². The van der Waals surface area contributed by atoms with Crippen LogP contribution in [0, 0.1) is 19.8 Å². The molecule has 1 aromatic carbocycles. The lowest BCUT2D eigenvalue weighted by molar-refractivity contribution is -0.124. The minimum absolute atomic E-state index is 0.0538. The molecule has 0 aromatic heterocycles. The molecule has 1 atom stereocenters. The van der Waals surface area contributed by atoms with Crippen LogP contribution in [0.1, 0.15) is 36.6 Å². The number of aryl methyl sites for hydroxylation is 2. The Hall–Kier alpha value is -1.55. The monoisotopic (exact) mass is 265 g/mol. The van der Waals surface area contributed by atoms with Gasteiger partial charge in [0.15, 0.2) is 0 Å². The number of rotatable bonds is 5. The zero-order chi connectivity index (χ0) is 14.6. The molecule has 0 aliphatic carbocycles. The van der Waals surface area contributed by atoms with Crippen LogP contribution in [0.4, 0.5) is 0 Å². The van der Waals surface area contributed by atoms with Crippen molar-refractivity contribution in [2.45, 2.75) is 33.8 Å². The number of carbonyl (C=O) groups is 1. The van der Waals surface area contributed by atoms with Gasteiger partial charge >= 0.3 is 0 Å². The van der Waals surface area contributed by atoms with Crippen LogP contribution in [0.25, 0.3) is 0 Å². The Kier molecular flexibility index (Phi) is 5.36. The topological polar surface area (TPSA) is 58.6 Å². The van der Waals surface area contributed by atoms with E-state index in [0.717, 1.165) is 22.4 Å². The SMILES string of the molecule is COc1cc(C)c(C(O)CNC(=O)C(C)C)cc1C. The summed E-state index contributed by atoms with van der Waals surface area (Å²) in [6, 6.07) is 3.80. The molecular formula is C15H23NO3. The van der Waals surface area contributed by atoms with E-state index in [1.165, 1.54) is 0 Å². The third-order valence-electron chi connectivity index (χ3n) is 3.14. The van der Waals surface area contributed by atoms with Crippen molar-refractivity contribution in [3.05, 3.63) is 28.8 Å². The highest BCUT2D eigenvalue weighted by Crippen LogP contribution is 2.26. The smallest absolute Gasteiger partial charge is 0.222 e. The standard InChI is InChI=1S/C15H23NO3/c1-9(2)15(18)16-8-13(17)12-6-11(4)14(19-5)7-10(12)3/h6-7,9,13,17H,8H2,1-5H3,(H,16,18). The maximum Gasteiger partial charge on any atom is 0.222 e. The summed E-state index contributed by atoms with van der Waals surface area (Å²) in [6.07, 6.45) is -0.702. The Morgan fingerprint density at radius 3 is 2.47 bits per heavy atom. The molecule has 4 heteroatoms. The lowest BCUT2D eigenvalue weighted by Crippen LogP contribution is -2.31. The predicted octanol–water partition coefficient (Wildman–Crippen LogP) is 2.12. The van der Waals surface area contributed by atoms with E-state index < -0.39 is 6.10 Å². The third-order valence-corrected chi connectivity index (χ3v) is 3.14. The Morgan fingerprint density at radius 2 is 1.95 bits per heavy atom. The van der Waals surface area contributed by atoms with Crippen molar-refractivity contribution in [3.63, 3.8) is 0 Å². The minimum Gasteiger partial charge on any atom is -0.496 e. The number of amides is 1. The normalized spacial score (nSPS) is 12.4. The quantitative estimate of drug-likeness (QED) is 0.857. The number of nitrogens with one attached hydrogen (secondary N) is 1. The summed E-state index contributed by atoms with van der Waals surface area (Å²) >= 11 is 0. The maximum absolute atomic E-state index is 11.5. The van der Waals surface area contributed by atoms with Crippen LogP contribution < -0.4 is 10.1 Å². The van der Waals surface area contributed by atoms with E-state index in [2.05, 4.69) is 5.32 Å². The van der Waals surface area contributed by atoms with Gasteiger partial charge in [0, 0.05) is 12.5 Å². The van der Waals surface area contributed by atoms with E-state index in [1.807, 2.05) is 39.8 Å². The van der Waals surface area contributed by atoms with Gasteiger partial charge in [-0.1, -0.05) is 13.8 Å². The number of hydrogen-bond donors (Lipinski definition) is 2. The van der Waals surface area contributed by atoms with Crippen LogP contribution in [0.15, 0.2) is 12.1 Å². The lowest BCUT2D eigenvalue weighted by Gasteiger charge is -2.17. The second-order valence-corrected chi connectivity index (χ2v) is 5.09. The molecular weight excluding hydrogens is 242 g/mol. The summed E-state index contributed by atoms with van der Waals surface area (Å²) in [7, 11) is 1.63. The molecule has 1 aromatic rings. The lowest BCUT2D eigenvalue weighted by atomic mass is 9.99. The first-order valence-electron chi connectivity index (χ1n) is 6.47. The minimum atomic E-state index is -0.702. The number of methoxy groups -OCH3 is 1. The molecule has 0 saturated heterocycles. The number of carbonyl (C=O) groups excluding carboxylic acids is 1. The number of aliphatic hydroxyl groups is 1. The fraction of sp³-hybridized carbons (Fsp3) is 0.533. The van der Waals surface area contributed by atoms with Crippen molar-refractivity contribution in [1.82, 2.24) is 5.32 Å². The summed E-state index contributed by atoms with van der Waals surface area (Å²) in [6.45, 7) is 7.73. The second-order valence-electron chi connectivity index (χ2n) is 5.09. The van der Waals surface area contributed by atoms with Crippen LogP contribution in [0.2, 0.25) is 0 Å². The van der Waals surface area contributed by atoms with Crippen molar-refractivity contribution < 1.29 is 14.6 Å². The van der Waals surface area contributed by atoms with E-state index in [-0.39, 0.29) is 18.4 Å². The summed E-state index contributed by atoms with van der Waals surface area (Å²) in [5.74, 6) is 0.674. The van der Waals surface area contributed by atoms with Crippen molar-refractivity contribution >= 4 is 5.91 Å². The molecule has 1 amide bonds. The zero-order valence-corrected chi connectivity index (χ0v) is 12.3. The molecule has 106 valence electrons. The Morgan fingerprint density at radius 1 is 1.32 bits per heavy atom. The van der Waals surface area contributed by atoms with Gasteiger partial charge in [-0.05, 0) is 42.7 Å². The van der Waals surface area contributed by atoms with Crippen LogP contribution in [0.5, 0.6) is 5.75 Å². The van der Waals surface area contributed by atoms with E-state index in [4.69, 9.17) is 4.74 Å². The molecule has 0 spiro atoms. The molecule has 0 aliphatic heterocycles. The van der Waals surface area contributed by atoms with Crippen LogP contribution in [0.3, 0.4) is 0 Å². The van der Waals surface area contributed by atoms with Gasteiger partial charge in [-0.15, -0.1) is 0 Å². The summed E-state index contributed by atoms with van der Waals surface area (Å²) < 4.78 is 5.24. The molecule has 0 aliphatic rings. The van der Waals surface area contributed by atoms with Crippen LogP contribution in [-0.2, 0) is 4.79 Å². The highest BCUT2D eigenvalue weighted by Gasteiger charge is 2.15. The molecule has 0 radical (unpaired) electrons. The maximum atomic E-state index is 11.5. The molecule has 0 heterocycles. The van der Waals surface area contributed by atoms with Gasteiger partial charge in [0.1, 0.15) is 5.75 Å². The molecule has 0 bridgehead atoms. The number of hydrogen-bond acceptors (Lipinski definition) is 3. The molecule has 4 nitrogen and oxygen atoms in total. The molecule has 0 fully saturated rings. The van der Waals surface area contributed by atoms with Crippen molar-refractivity contribution in [3.8, 4) is 5.75 Å². The van der Waals surface area contributed by atoms with Crippen molar-refractivity contribution in [1.29, 1.82) is 0 Å². The Labute approximate surface area is 114 Å². The van der Waals surface area contributed by atoms with E-state index >= 15 is 0 Å². The third kappa shape index (κ3) is 3.96. The van der Waals surface area contributed by atoms with E-state index in [1.54, 1.807) is 7.11 Å². The molecule has 2 N–H and O–H groups in total. The first-order valence-corrected chi connectivity index (χ1v) is 6.47. The molecule has 19 heavy (non-hydrogen) atoms. The molecule has 1 rings (SSSR count). The summed E-state index contributed by atoms with van der Waals surface area (Å²) in [5.41, 5.74) is 2.74. The number of benzene rings is 1. The average molecular weight is 265 g/mol. The second kappa shape index (κ2) is 6.57. The average Bonchev–Trinajstić information content (AvgIpc) is 2.37.